The van der Waals surface area contributed by atoms with Crippen molar-refractivity contribution in [1.29, 1.82) is 0 Å². The summed E-state index contributed by atoms with van der Waals surface area (Å²) in [4.78, 5) is 12.3. The molecule has 0 aliphatic rings. The van der Waals surface area contributed by atoms with E-state index in [-0.39, 0.29) is 18.5 Å². The number of carbonyl (C=O) groups is 1. The Balaban J connectivity index is 2.03. The first-order chi connectivity index (χ1) is 12.5. The summed E-state index contributed by atoms with van der Waals surface area (Å²) in [6.07, 6.45) is 0. The molecule has 0 radical (unpaired) electrons. The molecule has 0 heterocycles. The van der Waals surface area contributed by atoms with E-state index in [4.69, 9.17) is 21.1 Å². The molecule has 1 amide bonds. The first-order valence-electron chi connectivity index (χ1n) is 8.24. The standard InChI is InChI=1S/C19H22BrClN2O3/c1-4-26-19-15(20)9-13(21)10-16(19)22-11-18(24)23-12(2)14-7-5-6-8-17(14)25-3/h5-10,12,22H,4,11H2,1-3H3,(H,23,24). The average molecular weight is 442 g/mol. The molecule has 1 unspecified atom stereocenters. The van der Waals surface area contributed by atoms with Crippen molar-refractivity contribution < 1.29 is 14.3 Å². The molecule has 0 saturated carbocycles. The molecule has 0 bridgehead atoms. The fourth-order valence-electron chi connectivity index (χ4n) is 2.55. The number of rotatable bonds is 8. The lowest BCUT2D eigenvalue weighted by Gasteiger charge is -2.18. The van der Waals surface area contributed by atoms with Crippen molar-refractivity contribution >= 4 is 39.1 Å². The predicted molar refractivity (Wildman–Crippen MR) is 108 cm³/mol. The topological polar surface area (TPSA) is 59.6 Å². The van der Waals surface area contributed by atoms with E-state index in [0.29, 0.717) is 23.1 Å². The Labute approximate surface area is 167 Å². The van der Waals surface area contributed by atoms with Gasteiger partial charge < -0.3 is 20.1 Å². The molecule has 0 aromatic heterocycles. The van der Waals surface area contributed by atoms with Gasteiger partial charge in [-0.3, -0.25) is 4.79 Å². The zero-order valence-electron chi connectivity index (χ0n) is 14.9. The molecule has 2 aromatic carbocycles. The number of amides is 1. The third-order valence-electron chi connectivity index (χ3n) is 3.72. The van der Waals surface area contributed by atoms with Gasteiger partial charge in [-0.25, -0.2) is 0 Å². The highest BCUT2D eigenvalue weighted by Gasteiger charge is 2.15. The van der Waals surface area contributed by atoms with Crippen LogP contribution in [0.5, 0.6) is 11.5 Å². The second-order valence-electron chi connectivity index (χ2n) is 5.58. The molecule has 7 heteroatoms. The normalized spacial score (nSPS) is 11.6. The number of nitrogens with one attached hydrogen (secondary N) is 2. The number of halogens is 2. The lowest BCUT2D eigenvalue weighted by molar-refractivity contribution is -0.120. The van der Waals surface area contributed by atoms with Crippen LogP contribution in [0.4, 0.5) is 5.69 Å². The van der Waals surface area contributed by atoms with Crippen molar-refractivity contribution in [2.75, 3.05) is 25.6 Å². The maximum absolute atomic E-state index is 12.3. The molecule has 0 saturated heterocycles. The fourth-order valence-corrected chi connectivity index (χ4v) is 3.48. The van der Waals surface area contributed by atoms with E-state index in [0.717, 1.165) is 15.8 Å². The number of carbonyl (C=O) groups excluding carboxylic acids is 1. The fraction of sp³-hybridized carbons (Fsp3) is 0.316. The van der Waals surface area contributed by atoms with Crippen LogP contribution in [0, 0.1) is 0 Å². The summed E-state index contributed by atoms with van der Waals surface area (Å²) in [5, 5.41) is 6.58. The predicted octanol–water partition coefficient (Wildman–Crippen LogP) is 4.80. The Kier molecular flexibility index (Phi) is 7.60. The van der Waals surface area contributed by atoms with Crippen LogP contribution in [-0.4, -0.2) is 26.2 Å². The van der Waals surface area contributed by atoms with Gasteiger partial charge in [0.2, 0.25) is 5.91 Å². The highest BCUT2D eigenvalue weighted by Crippen LogP contribution is 2.36. The molecule has 2 N–H and O–H groups in total. The average Bonchev–Trinajstić information content (AvgIpc) is 2.62. The largest absolute Gasteiger partial charge is 0.496 e. The zero-order chi connectivity index (χ0) is 19.1. The Morgan fingerprint density at radius 1 is 1.31 bits per heavy atom. The van der Waals surface area contributed by atoms with Gasteiger partial charge in [-0.15, -0.1) is 0 Å². The molecule has 2 rings (SSSR count). The van der Waals surface area contributed by atoms with Gasteiger partial charge in [-0.05, 0) is 48.0 Å². The molecular weight excluding hydrogens is 420 g/mol. The zero-order valence-corrected chi connectivity index (χ0v) is 17.3. The van der Waals surface area contributed by atoms with E-state index in [1.54, 1.807) is 19.2 Å². The van der Waals surface area contributed by atoms with Crippen LogP contribution in [-0.2, 0) is 4.79 Å². The maximum atomic E-state index is 12.3. The summed E-state index contributed by atoms with van der Waals surface area (Å²) < 4.78 is 11.7. The van der Waals surface area contributed by atoms with E-state index in [2.05, 4.69) is 26.6 Å². The second-order valence-corrected chi connectivity index (χ2v) is 6.87. The minimum absolute atomic E-state index is 0.0896. The Morgan fingerprint density at radius 3 is 2.73 bits per heavy atom. The van der Waals surface area contributed by atoms with Gasteiger partial charge in [0.1, 0.15) is 5.75 Å². The Hall–Kier alpha value is -1.92. The van der Waals surface area contributed by atoms with Crippen molar-refractivity contribution in [3.05, 3.63) is 51.5 Å². The lowest BCUT2D eigenvalue weighted by Crippen LogP contribution is -2.32. The van der Waals surface area contributed by atoms with Crippen LogP contribution in [0.15, 0.2) is 40.9 Å². The number of para-hydroxylation sites is 1. The van der Waals surface area contributed by atoms with Crippen molar-refractivity contribution in [2.24, 2.45) is 0 Å². The molecular formula is C19H22BrClN2O3. The minimum atomic E-state index is -0.182. The number of hydrogen-bond donors (Lipinski definition) is 2. The van der Waals surface area contributed by atoms with Crippen LogP contribution < -0.4 is 20.1 Å². The quantitative estimate of drug-likeness (QED) is 0.618. The van der Waals surface area contributed by atoms with Crippen LogP contribution in [0.1, 0.15) is 25.5 Å². The summed E-state index contributed by atoms with van der Waals surface area (Å²) in [6.45, 7) is 4.40. The molecule has 26 heavy (non-hydrogen) atoms. The maximum Gasteiger partial charge on any atom is 0.239 e. The summed E-state index contributed by atoms with van der Waals surface area (Å²) >= 11 is 9.52. The van der Waals surface area contributed by atoms with Crippen LogP contribution in [0.25, 0.3) is 0 Å². The molecule has 0 aliphatic heterocycles. The van der Waals surface area contributed by atoms with Gasteiger partial charge in [0.05, 0.1) is 36.5 Å². The van der Waals surface area contributed by atoms with E-state index in [9.17, 15) is 4.79 Å². The van der Waals surface area contributed by atoms with Crippen molar-refractivity contribution in [2.45, 2.75) is 19.9 Å². The summed E-state index contributed by atoms with van der Waals surface area (Å²) in [7, 11) is 1.61. The minimum Gasteiger partial charge on any atom is -0.496 e. The van der Waals surface area contributed by atoms with E-state index < -0.39 is 0 Å². The lowest BCUT2D eigenvalue weighted by atomic mass is 10.1. The molecule has 5 nitrogen and oxygen atoms in total. The molecule has 0 aliphatic carbocycles. The van der Waals surface area contributed by atoms with E-state index in [1.165, 1.54) is 0 Å². The third-order valence-corrected chi connectivity index (χ3v) is 4.53. The van der Waals surface area contributed by atoms with Gasteiger partial charge in [0.15, 0.2) is 5.75 Å². The molecule has 0 spiro atoms. The van der Waals surface area contributed by atoms with Gasteiger partial charge in [-0.2, -0.15) is 0 Å². The number of ether oxygens (including phenoxy) is 2. The smallest absolute Gasteiger partial charge is 0.239 e. The Bertz CT molecular complexity index is 770. The van der Waals surface area contributed by atoms with Crippen LogP contribution >= 0.6 is 27.5 Å². The van der Waals surface area contributed by atoms with Crippen LogP contribution in [0.2, 0.25) is 5.02 Å². The molecule has 1 atom stereocenters. The molecule has 2 aromatic rings. The van der Waals surface area contributed by atoms with Crippen molar-refractivity contribution in [3.8, 4) is 11.5 Å². The number of anilines is 1. The highest BCUT2D eigenvalue weighted by molar-refractivity contribution is 9.10. The van der Waals surface area contributed by atoms with Gasteiger partial charge in [0, 0.05) is 10.6 Å². The Morgan fingerprint density at radius 2 is 2.04 bits per heavy atom. The first-order valence-corrected chi connectivity index (χ1v) is 9.41. The number of hydrogen-bond acceptors (Lipinski definition) is 4. The number of methoxy groups -OCH3 is 1. The van der Waals surface area contributed by atoms with Gasteiger partial charge in [0.25, 0.3) is 0 Å². The molecule has 140 valence electrons. The van der Waals surface area contributed by atoms with E-state index >= 15 is 0 Å². The summed E-state index contributed by atoms with van der Waals surface area (Å²) in [5.41, 5.74) is 1.58. The third kappa shape index (κ3) is 5.29. The monoisotopic (exact) mass is 440 g/mol. The number of benzene rings is 2. The first kappa shape index (κ1) is 20.4. The second kappa shape index (κ2) is 9.69. The van der Waals surface area contributed by atoms with Crippen molar-refractivity contribution in [3.63, 3.8) is 0 Å². The summed E-state index contributed by atoms with van der Waals surface area (Å²) in [5.74, 6) is 1.22. The van der Waals surface area contributed by atoms with Gasteiger partial charge in [-0.1, -0.05) is 29.8 Å². The van der Waals surface area contributed by atoms with Gasteiger partial charge >= 0.3 is 0 Å². The van der Waals surface area contributed by atoms with Crippen LogP contribution in [0.3, 0.4) is 0 Å². The SMILES string of the molecule is CCOc1c(Br)cc(Cl)cc1NCC(=O)NC(C)c1ccccc1OC. The van der Waals surface area contributed by atoms with Crippen molar-refractivity contribution in [1.82, 2.24) is 5.32 Å². The van der Waals surface area contributed by atoms with E-state index in [1.807, 2.05) is 38.1 Å². The summed E-state index contributed by atoms with van der Waals surface area (Å²) in [6, 6.07) is 10.9. The highest BCUT2D eigenvalue weighted by atomic mass is 79.9. The molecule has 0 fully saturated rings.